The predicted octanol–water partition coefficient (Wildman–Crippen LogP) is 3.65. The van der Waals surface area contributed by atoms with E-state index >= 15 is 0 Å². The van der Waals surface area contributed by atoms with Crippen LogP contribution in [0.5, 0.6) is 0 Å². The number of benzene rings is 2. The Hall–Kier alpha value is -1.89. The molecule has 148 valence electrons. The molecule has 2 aliphatic heterocycles. The van der Waals surface area contributed by atoms with E-state index in [-0.39, 0.29) is 5.91 Å². The number of fused-ring (bicyclic) bond motifs is 1. The first kappa shape index (κ1) is 19.4. The standard InChI is InChI=1S/C21H23ClN2O3S/c22-18-7-5-16(6-8-18)14-21(25)24-13-3-4-17-15-19(9-10-20(17)24)28(26,27)23-11-1-2-12-23/h5-10,15H,1-4,11-14H2. The Morgan fingerprint density at radius 1 is 0.964 bits per heavy atom. The molecule has 0 aliphatic carbocycles. The summed E-state index contributed by atoms with van der Waals surface area (Å²) in [6.07, 6.45) is 3.73. The lowest BCUT2D eigenvalue weighted by atomic mass is 10.0. The third-order valence-corrected chi connectivity index (χ3v) is 7.59. The van der Waals surface area contributed by atoms with Crippen LogP contribution in [0.15, 0.2) is 47.4 Å². The Bertz CT molecular complexity index is 983. The second-order valence-electron chi connectivity index (χ2n) is 7.35. The molecule has 4 rings (SSSR count). The zero-order valence-corrected chi connectivity index (χ0v) is 17.2. The third kappa shape index (κ3) is 3.81. The molecule has 0 saturated carbocycles. The predicted molar refractivity (Wildman–Crippen MR) is 110 cm³/mol. The summed E-state index contributed by atoms with van der Waals surface area (Å²) in [6, 6.07) is 12.5. The first-order valence-corrected chi connectivity index (χ1v) is 11.4. The normalized spacial score (nSPS) is 17.5. The Balaban J connectivity index is 1.57. The zero-order chi connectivity index (χ0) is 19.7. The van der Waals surface area contributed by atoms with E-state index in [1.165, 1.54) is 0 Å². The fourth-order valence-corrected chi connectivity index (χ4v) is 5.64. The summed E-state index contributed by atoms with van der Waals surface area (Å²) < 4.78 is 27.2. The molecule has 0 unspecified atom stereocenters. The average molecular weight is 419 g/mol. The molecular formula is C21H23ClN2O3S. The molecule has 0 bridgehead atoms. The first-order chi connectivity index (χ1) is 13.4. The van der Waals surface area contributed by atoms with Gasteiger partial charge in [0.1, 0.15) is 0 Å². The minimum atomic E-state index is -3.45. The van der Waals surface area contributed by atoms with Crippen molar-refractivity contribution in [2.45, 2.75) is 37.0 Å². The van der Waals surface area contributed by atoms with Crippen LogP contribution in [0.3, 0.4) is 0 Å². The minimum Gasteiger partial charge on any atom is -0.312 e. The molecule has 0 atom stereocenters. The van der Waals surface area contributed by atoms with Gasteiger partial charge in [-0.05, 0) is 67.1 Å². The Labute approximate surface area is 171 Å². The van der Waals surface area contributed by atoms with Gasteiger partial charge in [0.25, 0.3) is 0 Å². The monoisotopic (exact) mass is 418 g/mol. The van der Waals surface area contributed by atoms with Gasteiger partial charge >= 0.3 is 0 Å². The van der Waals surface area contributed by atoms with E-state index in [9.17, 15) is 13.2 Å². The molecule has 7 heteroatoms. The van der Waals surface area contributed by atoms with Crippen molar-refractivity contribution in [3.8, 4) is 0 Å². The minimum absolute atomic E-state index is 0.0124. The molecule has 2 aromatic rings. The number of carbonyl (C=O) groups excluding carboxylic acids is 1. The Morgan fingerprint density at radius 2 is 1.68 bits per heavy atom. The molecule has 0 radical (unpaired) electrons. The maximum atomic E-state index is 12.9. The van der Waals surface area contributed by atoms with Crippen molar-refractivity contribution in [3.05, 3.63) is 58.6 Å². The molecule has 1 saturated heterocycles. The van der Waals surface area contributed by atoms with Crippen LogP contribution >= 0.6 is 11.6 Å². The number of anilines is 1. The summed E-state index contributed by atoms with van der Waals surface area (Å²) in [5, 5.41) is 0.645. The molecule has 1 fully saturated rings. The fraction of sp³-hybridized carbons (Fsp3) is 0.381. The van der Waals surface area contributed by atoms with Gasteiger partial charge in [0.05, 0.1) is 11.3 Å². The molecule has 0 N–H and O–H groups in total. The largest absolute Gasteiger partial charge is 0.312 e. The van der Waals surface area contributed by atoms with E-state index in [4.69, 9.17) is 11.6 Å². The highest BCUT2D eigenvalue weighted by atomic mass is 35.5. The van der Waals surface area contributed by atoms with E-state index in [0.29, 0.717) is 36.0 Å². The lowest BCUT2D eigenvalue weighted by Gasteiger charge is -2.30. The number of carbonyl (C=O) groups is 1. The van der Waals surface area contributed by atoms with Crippen LogP contribution in [-0.4, -0.2) is 38.3 Å². The fourth-order valence-electron chi connectivity index (χ4n) is 3.94. The lowest BCUT2D eigenvalue weighted by molar-refractivity contribution is -0.118. The van der Waals surface area contributed by atoms with Gasteiger partial charge in [-0.3, -0.25) is 4.79 Å². The average Bonchev–Trinajstić information content (AvgIpc) is 3.24. The van der Waals surface area contributed by atoms with Crippen LogP contribution in [0.4, 0.5) is 5.69 Å². The van der Waals surface area contributed by atoms with Crippen LogP contribution in [0.2, 0.25) is 5.02 Å². The third-order valence-electron chi connectivity index (χ3n) is 5.44. The van der Waals surface area contributed by atoms with Gasteiger partial charge in [-0.25, -0.2) is 8.42 Å². The van der Waals surface area contributed by atoms with E-state index in [2.05, 4.69) is 0 Å². The van der Waals surface area contributed by atoms with Crippen LogP contribution < -0.4 is 4.90 Å². The van der Waals surface area contributed by atoms with Crippen molar-refractivity contribution in [2.75, 3.05) is 24.5 Å². The van der Waals surface area contributed by atoms with Crippen LogP contribution in [0, 0.1) is 0 Å². The van der Waals surface area contributed by atoms with E-state index < -0.39 is 10.0 Å². The van der Waals surface area contributed by atoms with E-state index in [1.54, 1.807) is 39.5 Å². The maximum absolute atomic E-state index is 12.9. The summed E-state index contributed by atoms with van der Waals surface area (Å²) >= 11 is 5.91. The molecule has 2 aliphatic rings. The molecular weight excluding hydrogens is 396 g/mol. The van der Waals surface area contributed by atoms with Gasteiger partial charge in [-0.1, -0.05) is 23.7 Å². The molecule has 2 heterocycles. The lowest BCUT2D eigenvalue weighted by Crippen LogP contribution is -2.36. The van der Waals surface area contributed by atoms with Crippen LogP contribution in [0.1, 0.15) is 30.4 Å². The Morgan fingerprint density at radius 3 is 2.39 bits per heavy atom. The second kappa shape index (κ2) is 7.85. The highest BCUT2D eigenvalue weighted by Gasteiger charge is 2.29. The van der Waals surface area contributed by atoms with E-state index in [1.807, 2.05) is 12.1 Å². The topological polar surface area (TPSA) is 57.7 Å². The number of hydrogen-bond acceptors (Lipinski definition) is 3. The number of rotatable bonds is 4. The van der Waals surface area contributed by atoms with Crippen molar-refractivity contribution >= 4 is 33.2 Å². The number of amides is 1. The number of nitrogens with zero attached hydrogens (tertiary/aromatic N) is 2. The van der Waals surface area contributed by atoms with Gasteiger partial charge in [-0.2, -0.15) is 4.31 Å². The molecule has 1 amide bonds. The molecule has 0 aromatic heterocycles. The van der Waals surface area contributed by atoms with Gasteiger partial charge in [-0.15, -0.1) is 0 Å². The van der Waals surface area contributed by atoms with Crippen molar-refractivity contribution in [2.24, 2.45) is 0 Å². The number of halogens is 1. The zero-order valence-electron chi connectivity index (χ0n) is 15.6. The molecule has 2 aromatic carbocycles. The SMILES string of the molecule is O=C(Cc1ccc(Cl)cc1)N1CCCc2cc(S(=O)(=O)N3CCCC3)ccc21. The highest BCUT2D eigenvalue weighted by Crippen LogP contribution is 2.31. The van der Waals surface area contributed by atoms with Gasteiger partial charge in [0.2, 0.25) is 15.9 Å². The van der Waals surface area contributed by atoms with Gasteiger partial charge < -0.3 is 4.90 Å². The van der Waals surface area contributed by atoms with Crippen LogP contribution in [0.25, 0.3) is 0 Å². The molecule has 0 spiro atoms. The summed E-state index contributed by atoms with van der Waals surface area (Å²) in [6.45, 7) is 1.83. The number of hydrogen-bond donors (Lipinski definition) is 0. The van der Waals surface area contributed by atoms with Crippen molar-refractivity contribution in [1.82, 2.24) is 4.31 Å². The second-order valence-corrected chi connectivity index (χ2v) is 9.73. The van der Waals surface area contributed by atoms with Crippen molar-refractivity contribution < 1.29 is 13.2 Å². The summed E-state index contributed by atoms with van der Waals surface area (Å²) in [7, 11) is -3.45. The van der Waals surface area contributed by atoms with Gasteiger partial charge in [0.15, 0.2) is 0 Å². The highest BCUT2D eigenvalue weighted by molar-refractivity contribution is 7.89. The summed E-state index contributed by atoms with van der Waals surface area (Å²) in [4.78, 5) is 15.0. The number of sulfonamides is 1. The van der Waals surface area contributed by atoms with Crippen LogP contribution in [-0.2, 0) is 27.7 Å². The van der Waals surface area contributed by atoms with Crippen molar-refractivity contribution in [3.63, 3.8) is 0 Å². The quantitative estimate of drug-likeness (QED) is 0.761. The number of aryl methyl sites for hydroxylation is 1. The van der Waals surface area contributed by atoms with Crippen molar-refractivity contribution in [1.29, 1.82) is 0 Å². The smallest absolute Gasteiger partial charge is 0.243 e. The maximum Gasteiger partial charge on any atom is 0.243 e. The molecule has 28 heavy (non-hydrogen) atoms. The summed E-state index contributed by atoms with van der Waals surface area (Å²) in [5.41, 5.74) is 2.66. The Kier molecular flexibility index (Phi) is 5.45. The summed E-state index contributed by atoms with van der Waals surface area (Å²) in [5.74, 6) is 0.0124. The molecule has 5 nitrogen and oxygen atoms in total. The van der Waals surface area contributed by atoms with E-state index in [0.717, 1.165) is 42.5 Å². The van der Waals surface area contributed by atoms with Gasteiger partial charge in [0, 0.05) is 30.3 Å². The first-order valence-electron chi connectivity index (χ1n) is 9.63.